The lowest BCUT2D eigenvalue weighted by Crippen LogP contribution is -2.19. The highest BCUT2D eigenvalue weighted by molar-refractivity contribution is 5.84. The van der Waals surface area contributed by atoms with E-state index < -0.39 is 0 Å². The molecule has 0 bridgehead atoms. The minimum absolute atomic E-state index is 0.401. The molecule has 2 aromatic carbocycles. The van der Waals surface area contributed by atoms with Gasteiger partial charge in [-0.3, -0.25) is 0 Å². The lowest BCUT2D eigenvalue weighted by atomic mass is 10.0. The van der Waals surface area contributed by atoms with Crippen LogP contribution < -0.4 is 10.1 Å². The summed E-state index contributed by atoms with van der Waals surface area (Å²) >= 11 is 0. The highest BCUT2D eigenvalue weighted by Gasteiger charge is 2.05. The van der Waals surface area contributed by atoms with Gasteiger partial charge in [0.1, 0.15) is 5.75 Å². The van der Waals surface area contributed by atoms with Crippen LogP contribution in [0.4, 0.5) is 0 Å². The van der Waals surface area contributed by atoms with E-state index in [1.807, 2.05) is 6.07 Å². The van der Waals surface area contributed by atoms with E-state index in [1.54, 1.807) is 7.11 Å². The Morgan fingerprint density at radius 2 is 1.76 bits per heavy atom. The molecule has 0 amide bonds. The summed E-state index contributed by atoms with van der Waals surface area (Å²) in [6, 6.07) is 13.3. The van der Waals surface area contributed by atoms with Crippen LogP contribution in [-0.2, 0) is 0 Å². The van der Waals surface area contributed by atoms with Crippen molar-refractivity contribution in [1.82, 2.24) is 5.32 Å². The first-order valence-corrected chi connectivity index (χ1v) is 8.05. The summed E-state index contributed by atoms with van der Waals surface area (Å²) in [5.41, 5.74) is 1.35. The summed E-state index contributed by atoms with van der Waals surface area (Å²) in [7, 11) is 1.71. The molecule has 0 aromatic heterocycles. The zero-order valence-electron chi connectivity index (χ0n) is 13.5. The number of fused-ring (bicyclic) bond motifs is 1. The Balaban J connectivity index is 1.98. The maximum Gasteiger partial charge on any atom is 0.119 e. The first-order chi connectivity index (χ1) is 10.2. The summed E-state index contributed by atoms with van der Waals surface area (Å²) in [5.74, 6) is 0.914. The predicted octanol–water partition coefficient (Wildman–Crippen LogP) is 5.08. The number of methoxy groups -OCH3 is 1. The molecule has 0 heterocycles. The molecule has 0 fully saturated rings. The van der Waals surface area contributed by atoms with Crippen molar-refractivity contribution < 1.29 is 4.74 Å². The molecule has 0 aliphatic carbocycles. The van der Waals surface area contributed by atoms with E-state index in [-0.39, 0.29) is 0 Å². The number of hydrogen-bond donors (Lipinski definition) is 1. The van der Waals surface area contributed by atoms with Crippen molar-refractivity contribution in [2.45, 2.75) is 45.6 Å². The van der Waals surface area contributed by atoms with Crippen molar-refractivity contribution in [2.24, 2.45) is 0 Å². The summed E-state index contributed by atoms with van der Waals surface area (Å²) in [4.78, 5) is 0. The van der Waals surface area contributed by atoms with Crippen LogP contribution in [0.5, 0.6) is 5.75 Å². The molecule has 1 atom stereocenters. The zero-order valence-corrected chi connectivity index (χ0v) is 13.5. The zero-order chi connectivity index (χ0) is 15.1. The summed E-state index contributed by atoms with van der Waals surface area (Å²) in [6.45, 7) is 5.59. The molecule has 0 aliphatic heterocycles. The normalized spacial score (nSPS) is 12.5. The standard InChI is InChI=1S/C19H27NO/c1-4-5-6-7-12-20-15(2)16-8-9-18-14-19(21-3)11-10-17(18)13-16/h8-11,13-15,20H,4-7,12H2,1-3H3. The molecule has 114 valence electrons. The number of unbranched alkanes of at least 4 members (excludes halogenated alkanes) is 3. The van der Waals surface area contributed by atoms with Gasteiger partial charge in [-0.2, -0.15) is 0 Å². The van der Waals surface area contributed by atoms with Crippen molar-refractivity contribution in [3.63, 3.8) is 0 Å². The first-order valence-electron chi connectivity index (χ1n) is 8.05. The van der Waals surface area contributed by atoms with Crippen LogP contribution >= 0.6 is 0 Å². The molecule has 2 heteroatoms. The van der Waals surface area contributed by atoms with Gasteiger partial charge in [0.2, 0.25) is 0 Å². The molecule has 0 saturated heterocycles. The van der Waals surface area contributed by atoms with Crippen LogP contribution in [0.25, 0.3) is 10.8 Å². The fraction of sp³-hybridized carbons (Fsp3) is 0.474. The van der Waals surface area contributed by atoms with Crippen LogP contribution in [0.15, 0.2) is 36.4 Å². The van der Waals surface area contributed by atoms with Crippen molar-refractivity contribution in [3.8, 4) is 5.75 Å². The molecule has 0 radical (unpaired) electrons. The first kappa shape index (κ1) is 15.8. The van der Waals surface area contributed by atoms with Gasteiger partial charge in [0.25, 0.3) is 0 Å². The van der Waals surface area contributed by atoms with E-state index in [9.17, 15) is 0 Å². The maximum absolute atomic E-state index is 5.27. The van der Waals surface area contributed by atoms with Gasteiger partial charge in [-0.15, -0.1) is 0 Å². The molecule has 2 rings (SSSR count). The lowest BCUT2D eigenvalue weighted by molar-refractivity contribution is 0.415. The number of benzene rings is 2. The van der Waals surface area contributed by atoms with E-state index in [1.165, 1.54) is 42.0 Å². The van der Waals surface area contributed by atoms with Crippen molar-refractivity contribution in [1.29, 1.82) is 0 Å². The molecule has 0 saturated carbocycles. The van der Waals surface area contributed by atoms with Gasteiger partial charge in [-0.25, -0.2) is 0 Å². The summed E-state index contributed by atoms with van der Waals surface area (Å²) in [5, 5.41) is 6.12. The summed E-state index contributed by atoms with van der Waals surface area (Å²) < 4.78 is 5.27. The number of ether oxygens (including phenoxy) is 1. The Hall–Kier alpha value is -1.54. The van der Waals surface area contributed by atoms with E-state index in [2.05, 4.69) is 49.5 Å². The van der Waals surface area contributed by atoms with Gasteiger partial charge >= 0.3 is 0 Å². The van der Waals surface area contributed by atoms with Gasteiger partial charge in [0.05, 0.1) is 7.11 Å². The van der Waals surface area contributed by atoms with Gasteiger partial charge in [-0.1, -0.05) is 44.4 Å². The number of hydrogen-bond acceptors (Lipinski definition) is 2. The molecule has 2 nitrogen and oxygen atoms in total. The van der Waals surface area contributed by atoms with E-state index >= 15 is 0 Å². The Morgan fingerprint density at radius 1 is 1.00 bits per heavy atom. The third-order valence-electron chi connectivity index (χ3n) is 4.05. The van der Waals surface area contributed by atoms with Gasteiger partial charge in [-0.05, 0) is 54.4 Å². The number of rotatable bonds is 8. The Labute approximate surface area is 128 Å². The van der Waals surface area contributed by atoms with Crippen LogP contribution in [0, 0.1) is 0 Å². The molecule has 2 aromatic rings. The highest BCUT2D eigenvalue weighted by atomic mass is 16.5. The second-order valence-electron chi connectivity index (χ2n) is 5.71. The topological polar surface area (TPSA) is 21.3 Å². The third-order valence-corrected chi connectivity index (χ3v) is 4.05. The van der Waals surface area contributed by atoms with Gasteiger partial charge in [0, 0.05) is 6.04 Å². The SMILES string of the molecule is CCCCCCNC(C)c1ccc2cc(OC)ccc2c1. The quantitative estimate of drug-likeness (QED) is 0.683. The second-order valence-corrected chi connectivity index (χ2v) is 5.71. The fourth-order valence-corrected chi connectivity index (χ4v) is 2.63. The fourth-order valence-electron chi connectivity index (χ4n) is 2.63. The van der Waals surface area contributed by atoms with Crippen LogP contribution in [-0.4, -0.2) is 13.7 Å². The minimum Gasteiger partial charge on any atom is -0.497 e. The highest BCUT2D eigenvalue weighted by Crippen LogP contribution is 2.24. The molecule has 0 spiro atoms. The van der Waals surface area contributed by atoms with Crippen molar-refractivity contribution in [2.75, 3.05) is 13.7 Å². The predicted molar refractivity (Wildman–Crippen MR) is 91.1 cm³/mol. The Morgan fingerprint density at radius 3 is 2.52 bits per heavy atom. The molecule has 1 N–H and O–H groups in total. The van der Waals surface area contributed by atoms with E-state index in [0.717, 1.165) is 12.3 Å². The monoisotopic (exact) mass is 285 g/mol. The Bertz CT molecular complexity index is 564. The third kappa shape index (κ3) is 4.47. The lowest BCUT2D eigenvalue weighted by Gasteiger charge is -2.15. The second kappa shape index (κ2) is 8.04. The summed E-state index contributed by atoms with van der Waals surface area (Å²) in [6.07, 6.45) is 5.23. The van der Waals surface area contributed by atoms with Crippen LogP contribution in [0.2, 0.25) is 0 Å². The van der Waals surface area contributed by atoms with Gasteiger partial charge < -0.3 is 10.1 Å². The molecular weight excluding hydrogens is 258 g/mol. The average Bonchev–Trinajstić information content (AvgIpc) is 2.53. The van der Waals surface area contributed by atoms with Crippen molar-refractivity contribution in [3.05, 3.63) is 42.0 Å². The van der Waals surface area contributed by atoms with Crippen LogP contribution in [0.3, 0.4) is 0 Å². The average molecular weight is 285 g/mol. The molecule has 0 aliphatic rings. The van der Waals surface area contributed by atoms with Gasteiger partial charge in [0.15, 0.2) is 0 Å². The Kier molecular flexibility index (Phi) is 6.06. The largest absolute Gasteiger partial charge is 0.497 e. The minimum atomic E-state index is 0.401. The van der Waals surface area contributed by atoms with Crippen molar-refractivity contribution >= 4 is 10.8 Å². The molecule has 1 unspecified atom stereocenters. The van der Waals surface area contributed by atoms with E-state index in [0.29, 0.717) is 6.04 Å². The molecule has 21 heavy (non-hydrogen) atoms. The van der Waals surface area contributed by atoms with Crippen LogP contribution in [0.1, 0.15) is 51.1 Å². The number of nitrogens with one attached hydrogen (secondary N) is 1. The van der Waals surface area contributed by atoms with E-state index in [4.69, 9.17) is 4.74 Å². The molecular formula is C19H27NO. The maximum atomic E-state index is 5.27. The smallest absolute Gasteiger partial charge is 0.119 e.